The van der Waals surface area contributed by atoms with Crippen molar-refractivity contribution >= 4 is 44.9 Å². The van der Waals surface area contributed by atoms with Crippen LogP contribution in [0.4, 0.5) is 11.4 Å². The number of hydrogen-bond acceptors (Lipinski definition) is 6. The van der Waals surface area contributed by atoms with E-state index in [0.717, 1.165) is 40.9 Å². The van der Waals surface area contributed by atoms with Gasteiger partial charge in [0.2, 0.25) is 0 Å². The summed E-state index contributed by atoms with van der Waals surface area (Å²) in [6.07, 6.45) is 1.75. The zero-order chi connectivity index (χ0) is 24.6. The standard InChI is InChI=1S/C27H25ClN6O2/c1-16(19-6-2-3-10-29-19)30-25-23-18(28)5-4-7-21(23)33-27(35)24(25)26-31-20-9-8-17(15-22(20)32-26)34-11-13-36-14-12-34/h2-10,15-16H,11-14H2,1H3,(H,31,32)(H2,30,33,35)/t16-/m0/s1. The third-order valence-corrected chi connectivity index (χ3v) is 6.87. The van der Waals surface area contributed by atoms with Gasteiger partial charge in [-0.05, 0) is 49.4 Å². The van der Waals surface area contributed by atoms with Crippen molar-refractivity contribution in [3.8, 4) is 11.4 Å². The van der Waals surface area contributed by atoms with Gasteiger partial charge in [-0.1, -0.05) is 23.7 Å². The molecular formula is C27H25ClN6O2. The van der Waals surface area contributed by atoms with Crippen LogP contribution in [0.3, 0.4) is 0 Å². The normalized spacial score (nSPS) is 14.9. The Labute approximate surface area is 212 Å². The van der Waals surface area contributed by atoms with Crippen LogP contribution in [0.1, 0.15) is 18.7 Å². The lowest BCUT2D eigenvalue weighted by atomic mass is 10.1. The molecule has 0 spiro atoms. The minimum Gasteiger partial charge on any atom is -0.378 e. The van der Waals surface area contributed by atoms with E-state index in [1.54, 1.807) is 6.20 Å². The maximum Gasteiger partial charge on any atom is 0.261 e. The lowest BCUT2D eigenvalue weighted by Crippen LogP contribution is -2.36. The number of H-pyrrole nitrogens is 2. The van der Waals surface area contributed by atoms with Crippen molar-refractivity contribution < 1.29 is 4.74 Å². The molecule has 1 saturated heterocycles. The van der Waals surface area contributed by atoms with E-state index in [1.165, 1.54) is 0 Å². The second-order valence-electron chi connectivity index (χ2n) is 8.87. The van der Waals surface area contributed by atoms with Crippen LogP contribution in [0.2, 0.25) is 5.02 Å². The highest BCUT2D eigenvalue weighted by Crippen LogP contribution is 2.37. The van der Waals surface area contributed by atoms with Crippen LogP contribution < -0.4 is 15.8 Å². The molecule has 6 rings (SSSR count). The molecule has 4 heterocycles. The number of hydrogen-bond donors (Lipinski definition) is 3. The third-order valence-electron chi connectivity index (χ3n) is 6.56. The number of fused-ring (bicyclic) bond motifs is 2. The first-order valence-electron chi connectivity index (χ1n) is 11.9. The van der Waals surface area contributed by atoms with Gasteiger partial charge in [0.05, 0.1) is 52.2 Å². The zero-order valence-corrected chi connectivity index (χ0v) is 20.5. The molecular weight excluding hydrogens is 476 g/mol. The van der Waals surface area contributed by atoms with Crippen LogP contribution in [-0.2, 0) is 4.74 Å². The molecule has 36 heavy (non-hydrogen) atoms. The number of nitrogens with zero attached hydrogens (tertiary/aromatic N) is 3. The third kappa shape index (κ3) is 4.08. The van der Waals surface area contributed by atoms with Crippen molar-refractivity contribution in [1.82, 2.24) is 19.9 Å². The van der Waals surface area contributed by atoms with E-state index in [-0.39, 0.29) is 11.6 Å². The smallest absolute Gasteiger partial charge is 0.261 e. The molecule has 0 bridgehead atoms. The van der Waals surface area contributed by atoms with Crippen molar-refractivity contribution in [2.45, 2.75) is 13.0 Å². The summed E-state index contributed by atoms with van der Waals surface area (Å²) in [5.41, 5.74) is 5.00. The van der Waals surface area contributed by atoms with Crippen LogP contribution in [-0.4, -0.2) is 46.2 Å². The molecule has 0 radical (unpaired) electrons. The number of imidazole rings is 1. The van der Waals surface area contributed by atoms with Gasteiger partial charge >= 0.3 is 0 Å². The number of nitrogens with one attached hydrogen (secondary N) is 3. The average molecular weight is 501 g/mol. The second-order valence-corrected chi connectivity index (χ2v) is 9.28. The van der Waals surface area contributed by atoms with Gasteiger partial charge in [0.1, 0.15) is 11.4 Å². The van der Waals surface area contributed by atoms with Crippen molar-refractivity contribution in [1.29, 1.82) is 0 Å². The topological polar surface area (TPSA) is 98.9 Å². The molecule has 2 aromatic carbocycles. The Hall–Kier alpha value is -3.88. The molecule has 1 atom stereocenters. The Morgan fingerprint density at radius 2 is 1.92 bits per heavy atom. The van der Waals surface area contributed by atoms with Gasteiger partial charge in [-0.3, -0.25) is 9.78 Å². The molecule has 1 aliphatic rings. The van der Waals surface area contributed by atoms with Gasteiger partial charge < -0.3 is 24.9 Å². The SMILES string of the molecule is C[C@H](Nc1c(-c2nc3ccc(N4CCOCC4)cc3[nH]2)c(=O)[nH]c2cccc(Cl)c12)c1ccccn1. The van der Waals surface area contributed by atoms with E-state index >= 15 is 0 Å². The molecule has 9 heteroatoms. The number of halogens is 1. The first-order valence-corrected chi connectivity index (χ1v) is 12.3. The molecule has 5 aromatic rings. The van der Waals surface area contributed by atoms with Crippen molar-refractivity contribution in [2.75, 3.05) is 36.5 Å². The lowest BCUT2D eigenvalue weighted by molar-refractivity contribution is 0.122. The summed E-state index contributed by atoms with van der Waals surface area (Å²) in [6, 6.07) is 17.2. The number of pyridine rings is 2. The van der Waals surface area contributed by atoms with Gasteiger partial charge in [-0.25, -0.2) is 4.98 Å². The van der Waals surface area contributed by atoms with E-state index in [2.05, 4.69) is 37.3 Å². The Balaban J connectivity index is 1.50. The Bertz CT molecular complexity index is 1610. The van der Waals surface area contributed by atoms with Crippen LogP contribution in [0.25, 0.3) is 33.3 Å². The summed E-state index contributed by atoms with van der Waals surface area (Å²) in [6.45, 7) is 5.11. The van der Waals surface area contributed by atoms with Crippen molar-refractivity contribution in [2.24, 2.45) is 0 Å². The maximum atomic E-state index is 13.4. The number of ether oxygens (including phenoxy) is 1. The molecule has 1 fully saturated rings. The molecule has 3 N–H and O–H groups in total. The second kappa shape index (κ2) is 9.29. The molecule has 8 nitrogen and oxygen atoms in total. The van der Waals surface area contributed by atoms with Crippen LogP contribution >= 0.6 is 11.6 Å². The molecule has 0 unspecified atom stereocenters. The largest absolute Gasteiger partial charge is 0.378 e. The van der Waals surface area contributed by atoms with E-state index < -0.39 is 0 Å². The molecule has 1 aliphatic heterocycles. The van der Waals surface area contributed by atoms with Crippen LogP contribution in [0, 0.1) is 0 Å². The first-order chi connectivity index (χ1) is 17.6. The predicted molar refractivity (Wildman–Crippen MR) is 144 cm³/mol. The van der Waals surface area contributed by atoms with E-state index in [4.69, 9.17) is 21.3 Å². The van der Waals surface area contributed by atoms with E-state index in [1.807, 2.05) is 49.4 Å². The van der Waals surface area contributed by atoms with Crippen LogP contribution in [0.15, 0.2) is 65.6 Å². The molecule has 0 aliphatic carbocycles. The quantitative estimate of drug-likeness (QED) is 0.309. The number of morpholine rings is 1. The Morgan fingerprint density at radius 3 is 2.72 bits per heavy atom. The Kier molecular flexibility index (Phi) is 5.83. The average Bonchev–Trinajstić information content (AvgIpc) is 3.32. The fourth-order valence-corrected chi connectivity index (χ4v) is 5.00. The van der Waals surface area contributed by atoms with Crippen LogP contribution in [0.5, 0.6) is 0 Å². The summed E-state index contributed by atoms with van der Waals surface area (Å²) in [7, 11) is 0. The number of rotatable bonds is 5. The molecule has 0 saturated carbocycles. The highest BCUT2D eigenvalue weighted by atomic mass is 35.5. The summed E-state index contributed by atoms with van der Waals surface area (Å²) < 4.78 is 5.48. The highest BCUT2D eigenvalue weighted by Gasteiger charge is 2.22. The number of benzene rings is 2. The molecule has 0 amide bonds. The van der Waals surface area contributed by atoms with Crippen molar-refractivity contribution in [3.05, 3.63) is 81.9 Å². The predicted octanol–water partition coefficient (Wildman–Crippen LogP) is 5.13. The minimum absolute atomic E-state index is 0.177. The summed E-state index contributed by atoms with van der Waals surface area (Å²) in [5, 5.41) is 4.77. The fraction of sp³-hybridized carbons (Fsp3) is 0.222. The van der Waals surface area contributed by atoms with Gasteiger partial charge in [-0.2, -0.15) is 0 Å². The summed E-state index contributed by atoms with van der Waals surface area (Å²) in [4.78, 5) is 31.3. The minimum atomic E-state index is -0.257. The monoisotopic (exact) mass is 500 g/mol. The maximum absolute atomic E-state index is 13.4. The number of aromatic nitrogens is 4. The first kappa shape index (κ1) is 22.6. The fourth-order valence-electron chi connectivity index (χ4n) is 4.73. The number of anilines is 2. The lowest BCUT2D eigenvalue weighted by Gasteiger charge is -2.28. The van der Waals surface area contributed by atoms with Gasteiger partial charge in [0, 0.05) is 30.4 Å². The molecule has 3 aromatic heterocycles. The highest BCUT2D eigenvalue weighted by molar-refractivity contribution is 6.36. The Morgan fingerprint density at radius 1 is 1.06 bits per heavy atom. The summed E-state index contributed by atoms with van der Waals surface area (Å²) in [5.74, 6) is 0.475. The molecule has 182 valence electrons. The van der Waals surface area contributed by atoms with Gasteiger partial charge in [0.25, 0.3) is 5.56 Å². The summed E-state index contributed by atoms with van der Waals surface area (Å²) >= 11 is 6.66. The van der Waals surface area contributed by atoms with Crippen molar-refractivity contribution in [3.63, 3.8) is 0 Å². The zero-order valence-electron chi connectivity index (χ0n) is 19.7. The van der Waals surface area contributed by atoms with E-state index in [9.17, 15) is 4.79 Å². The van der Waals surface area contributed by atoms with E-state index in [0.29, 0.717) is 40.8 Å². The van der Waals surface area contributed by atoms with Gasteiger partial charge in [-0.15, -0.1) is 0 Å². The van der Waals surface area contributed by atoms with Gasteiger partial charge in [0.15, 0.2) is 0 Å². The number of aromatic amines is 2.